The average molecular weight is 206 g/mol. The van der Waals surface area contributed by atoms with E-state index in [2.05, 4.69) is 9.97 Å². The van der Waals surface area contributed by atoms with Crippen LogP contribution in [0.4, 0.5) is 0 Å². The molecule has 0 spiro atoms. The minimum Gasteiger partial charge on any atom is -0.461 e. The van der Waals surface area contributed by atoms with Gasteiger partial charge < -0.3 is 10.5 Å². The van der Waals surface area contributed by atoms with E-state index >= 15 is 0 Å². The Morgan fingerprint density at radius 3 is 2.73 bits per heavy atom. The molecule has 2 N–H and O–H groups in total. The normalized spacial score (nSPS) is 10.9. The van der Waals surface area contributed by atoms with Gasteiger partial charge in [-0.15, -0.1) is 0 Å². The summed E-state index contributed by atoms with van der Waals surface area (Å²) >= 11 is 0. The molecular formula is C10H14N4O. The molecule has 1 heterocycles. The maximum atomic E-state index is 8.69. The van der Waals surface area contributed by atoms with E-state index in [1.54, 1.807) is 13.0 Å². The molecule has 0 saturated carbocycles. The SMILES string of the molecule is Cc1cc(C#N)nc(OCC(C)(C)N)n1. The molecule has 1 aromatic rings. The largest absolute Gasteiger partial charge is 0.461 e. The molecule has 0 amide bonds. The summed E-state index contributed by atoms with van der Waals surface area (Å²) in [6, 6.07) is 3.74. The van der Waals surface area contributed by atoms with Crippen molar-refractivity contribution < 1.29 is 4.74 Å². The average Bonchev–Trinajstić information content (AvgIpc) is 2.13. The highest BCUT2D eigenvalue weighted by molar-refractivity contribution is 5.23. The first-order valence-electron chi connectivity index (χ1n) is 4.58. The predicted octanol–water partition coefficient (Wildman–Crippen LogP) is 0.773. The summed E-state index contributed by atoms with van der Waals surface area (Å²) in [4.78, 5) is 7.95. The molecule has 0 radical (unpaired) electrons. The Labute approximate surface area is 88.9 Å². The minimum absolute atomic E-state index is 0.199. The molecule has 0 unspecified atom stereocenters. The molecule has 0 aliphatic rings. The summed E-state index contributed by atoms with van der Waals surface area (Å²) in [7, 11) is 0. The molecule has 0 fully saturated rings. The van der Waals surface area contributed by atoms with Crippen molar-refractivity contribution in [1.82, 2.24) is 9.97 Å². The predicted molar refractivity (Wildman–Crippen MR) is 55.2 cm³/mol. The third kappa shape index (κ3) is 3.92. The fourth-order valence-corrected chi connectivity index (χ4v) is 0.914. The van der Waals surface area contributed by atoms with Crippen molar-refractivity contribution in [2.45, 2.75) is 26.3 Å². The molecule has 80 valence electrons. The molecule has 1 aromatic heterocycles. The van der Waals surface area contributed by atoms with Crippen LogP contribution >= 0.6 is 0 Å². The van der Waals surface area contributed by atoms with Crippen LogP contribution in [0, 0.1) is 18.3 Å². The number of aromatic nitrogens is 2. The van der Waals surface area contributed by atoms with E-state index in [0.717, 1.165) is 0 Å². The number of nitriles is 1. The molecule has 0 atom stereocenters. The highest BCUT2D eigenvalue weighted by Crippen LogP contribution is 2.08. The van der Waals surface area contributed by atoms with E-state index in [1.807, 2.05) is 19.9 Å². The summed E-state index contributed by atoms with van der Waals surface area (Å²) in [6.07, 6.45) is 0. The maximum absolute atomic E-state index is 8.69. The summed E-state index contributed by atoms with van der Waals surface area (Å²) in [6.45, 7) is 5.77. The number of nitrogens with two attached hydrogens (primary N) is 1. The summed E-state index contributed by atoms with van der Waals surface area (Å²) in [5.74, 6) is 0. The second-order valence-corrected chi connectivity index (χ2v) is 4.07. The topological polar surface area (TPSA) is 84.8 Å². The quantitative estimate of drug-likeness (QED) is 0.789. The van der Waals surface area contributed by atoms with Crippen molar-refractivity contribution >= 4 is 0 Å². The van der Waals surface area contributed by atoms with Gasteiger partial charge in [0.15, 0.2) is 0 Å². The van der Waals surface area contributed by atoms with E-state index in [9.17, 15) is 0 Å². The smallest absolute Gasteiger partial charge is 0.317 e. The minimum atomic E-state index is -0.445. The number of aryl methyl sites for hydroxylation is 1. The van der Waals surface area contributed by atoms with Gasteiger partial charge in [0.05, 0.1) is 0 Å². The van der Waals surface area contributed by atoms with Crippen LogP contribution in [0.15, 0.2) is 6.07 Å². The van der Waals surface area contributed by atoms with Gasteiger partial charge in [-0.2, -0.15) is 10.2 Å². The monoisotopic (exact) mass is 206 g/mol. The zero-order valence-electron chi connectivity index (χ0n) is 9.11. The molecule has 0 bridgehead atoms. The van der Waals surface area contributed by atoms with Crippen molar-refractivity contribution in [3.8, 4) is 12.1 Å². The van der Waals surface area contributed by atoms with E-state index in [0.29, 0.717) is 18.0 Å². The lowest BCUT2D eigenvalue weighted by Gasteiger charge is -2.17. The van der Waals surface area contributed by atoms with Crippen molar-refractivity contribution in [2.24, 2.45) is 5.73 Å². The van der Waals surface area contributed by atoms with Crippen LogP contribution < -0.4 is 10.5 Å². The lowest BCUT2D eigenvalue weighted by Crippen LogP contribution is -2.39. The number of ether oxygens (including phenoxy) is 1. The van der Waals surface area contributed by atoms with Gasteiger partial charge in [-0.25, -0.2) is 4.98 Å². The van der Waals surface area contributed by atoms with Crippen molar-refractivity contribution in [1.29, 1.82) is 5.26 Å². The second-order valence-electron chi connectivity index (χ2n) is 4.07. The Kier molecular flexibility index (Phi) is 3.22. The zero-order valence-corrected chi connectivity index (χ0v) is 9.11. The first kappa shape index (κ1) is 11.4. The summed E-state index contributed by atoms with van der Waals surface area (Å²) in [5, 5.41) is 8.69. The molecule has 5 heteroatoms. The molecule has 0 aromatic carbocycles. The third-order valence-corrected chi connectivity index (χ3v) is 1.52. The highest BCUT2D eigenvalue weighted by Gasteiger charge is 2.13. The fraction of sp³-hybridized carbons (Fsp3) is 0.500. The van der Waals surface area contributed by atoms with Gasteiger partial charge in [-0.3, -0.25) is 0 Å². The first-order valence-corrected chi connectivity index (χ1v) is 4.58. The lowest BCUT2D eigenvalue weighted by molar-refractivity contribution is 0.225. The standard InChI is InChI=1S/C10H14N4O/c1-7-4-8(5-11)14-9(13-7)15-6-10(2,3)12/h4H,6,12H2,1-3H3. The number of hydrogen-bond acceptors (Lipinski definition) is 5. The maximum Gasteiger partial charge on any atom is 0.317 e. The van der Waals surface area contributed by atoms with Gasteiger partial charge in [0, 0.05) is 11.2 Å². The third-order valence-electron chi connectivity index (χ3n) is 1.52. The van der Waals surface area contributed by atoms with Crippen LogP contribution in [0.2, 0.25) is 0 Å². The zero-order chi connectivity index (χ0) is 11.5. The molecular weight excluding hydrogens is 192 g/mol. The fourth-order valence-electron chi connectivity index (χ4n) is 0.914. The van der Waals surface area contributed by atoms with Crippen LogP contribution in [0.3, 0.4) is 0 Å². The van der Waals surface area contributed by atoms with Crippen molar-refractivity contribution in [2.75, 3.05) is 6.61 Å². The Hall–Kier alpha value is -1.67. The van der Waals surface area contributed by atoms with E-state index in [-0.39, 0.29) is 6.01 Å². The van der Waals surface area contributed by atoms with Gasteiger partial charge >= 0.3 is 6.01 Å². The van der Waals surface area contributed by atoms with Crippen molar-refractivity contribution in [3.63, 3.8) is 0 Å². The molecule has 0 aliphatic heterocycles. The van der Waals surface area contributed by atoms with Crippen LogP contribution in [0.25, 0.3) is 0 Å². The Morgan fingerprint density at radius 1 is 1.53 bits per heavy atom. The first-order chi connectivity index (χ1) is 6.90. The summed E-state index contributed by atoms with van der Waals surface area (Å²) in [5.41, 5.74) is 6.30. The van der Waals surface area contributed by atoms with Gasteiger partial charge in [-0.1, -0.05) is 0 Å². The van der Waals surface area contributed by atoms with Gasteiger partial charge in [0.1, 0.15) is 18.4 Å². The van der Waals surface area contributed by atoms with E-state index < -0.39 is 5.54 Å². The Morgan fingerprint density at radius 2 is 2.20 bits per heavy atom. The Balaban J connectivity index is 2.78. The molecule has 15 heavy (non-hydrogen) atoms. The van der Waals surface area contributed by atoms with Crippen molar-refractivity contribution in [3.05, 3.63) is 17.5 Å². The lowest BCUT2D eigenvalue weighted by atomic mass is 10.1. The van der Waals surface area contributed by atoms with E-state index in [1.165, 1.54) is 0 Å². The molecule has 1 rings (SSSR count). The van der Waals surface area contributed by atoms with Gasteiger partial charge in [0.2, 0.25) is 0 Å². The molecule has 0 saturated heterocycles. The molecule has 0 aliphatic carbocycles. The number of nitrogens with zero attached hydrogens (tertiary/aromatic N) is 3. The van der Waals surface area contributed by atoms with Gasteiger partial charge in [-0.05, 0) is 26.8 Å². The van der Waals surface area contributed by atoms with Crippen LogP contribution in [-0.2, 0) is 0 Å². The molecule has 5 nitrogen and oxygen atoms in total. The van der Waals surface area contributed by atoms with Crippen LogP contribution in [0.1, 0.15) is 25.2 Å². The van der Waals surface area contributed by atoms with Crippen LogP contribution in [-0.4, -0.2) is 22.1 Å². The van der Waals surface area contributed by atoms with Gasteiger partial charge in [0.25, 0.3) is 0 Å². The second kappa shape index (κ2) is 4.24. The highest BCUT2D eigenvalue weighted by atomic mass is 16.5. The summed E-state index contributed by atoms with van der Waals surface area (Å²) < 4.78 is 5.30. The number of rotatable bonds is 3. The van der Waals surface area contributed by atoms with Crippen LogP contribution in [0.5, 0.6) is 6.01 Å². The Bertz CT molecular complexity index is 389. The van der Waals surface area contributed by atoms with E-state index in [4.69, 9.17) is 15.7 Å². The number of hydrogen-bond donors (Lipinski definition) is 1.